The van der Waals surface area contributed by atoms with E-state index < -0.39 is 17.1 Å². The van der Waals surface area contributed by atoms with E-state index >= 15 is 0 Å². The molecule has 0 spiro atoms. The Kier molecular flexibility index (Phi) is 6.21. The van der Waals surface area contributed by atoms with E-state index in [0.717, 1.165) is 10.1 Å². The second kappa shape index (κ2) is 8.99. The number of H-pyrrole nitrogens is 1. The van der Waals surface area contributed by atoms with Crippen LogP contribution in [-0.4, -0.2) is 35.1 Å². The highest BCUT2D eigenvalue weighted by Gasteiger charge is 2.13. The molecule has 1 aromatic heterocycles. The van der Waals surface area contributed by atoms with Gasteiger partial charge in [0.25, 0.3) is 5.56 Å². The number of aromatic amines is 1. The highest BCUT2D eigenvalue weighted by atomic mass is 16.5. The zero-order valence-corrected chi connectivity index (χ0v) is 16.6. The zero-order valence-electron chi connectivity index (χ0n) is 16.6. The van der Waals surface area contributed by atoms with Crippen LogP contribution >= 0.6 is 0 Å². The molecule has 0 bridgehead atoms. The lowest BCUT2D eigenvalue weighted by molar-refractivity contribution is 0.354. The van der Waals surface area contributed by atoms with Crippen molar-refractivity contribution in [3.05, 3.63) is 74.4 Å². The van der Waals surface area contributed by atoms with Crippen LogP contribution in [0.15, 0.2) is 57.0 Å². The summed E-state index contributed by atoms with van der Waals surface area (Å²) in [6.45, 7) is 0.135. The predicted octanol–water partition coefficient (Wildman–Crippen LogP) is 1.83. The Morgan fingerprint density at radius 2 is 1.90 bits per heavy atom. The predicted molar refractivity (Wildman–Crippen MR) is 114 cm³/mol. The van der Waals surface area contributed by atoms with Gasteiger partial charge in [-0.05, 0) is 42.3 Å². The maximum absolute atomic E-state index is 12.2. The molecule has 1 heterocycles. The highest BCUT2D eigenvalue weighted by molar-refractivity contribution is 5.84. The second-order valence-corrected chi connectivity index (χ2v) is 6.44. The summed E-state index contributed by atoms with van der Waals surface area (Å²) in [7, 11) is 3.08. The van der Waals surface area contributed by atoms with Crippen molar-refractivity contribution in [1.82, 2.24) is 9.55 Å². The van der Waals surface area contributed by atoms with E-state index in [9.17, 15) is 14.7 Å². The summed E-state index contributed by atoms with van der Waals surface area (Å²) >= 11 is 0. The summed E-state index contributed by atoms with van der Waals surface area (Å²) in [5.41, 5.74) is 6.04. The number of methoxy groups -OCH3 is 2. The molecular weight excluding hydrogens is 388 g/mol. The molecule has 0 aliphatic heterocycles. The van der Waals surface area contributed by atoms with Crippen LogP contribution in [-0.2, 0) is 13.0 Å². The summed E-state index contributed by atoms with van der Waals surface area (Å²) in [6, 6.07) is 12.1. The van der Waals surface area contributed by atoms with Crippen molar-refractivity contribution in [3.63, 3.8) is 0 Å². The van der Waals surface area contributed by atoms with E-state index in [1.165, 1.54) is 13.3 Å². The van der Waals surface area contributed by atoms with Crippen LogP contribution in [0, 0.1) is 0 Å². The SMILES string of the molecule is COc1ccc(CCn2c(O)c(C=Nc3cccc(N)c3)c(=O)[nH]c2=O)cc1OC. The standard InChI is InChI=1S/C21H22N4O5/c1-29-17-7-6-13(10-18(17)30-2)8-9-25-20(27)16(19(26)24-21(25)28)12-23-15-5-3-4-14(22)11-15/h3-7,10-12,27H,8-9,22H2,1-2H3,(H,24,26,28). The van der Waals surface area contributed by atoms with Gasteiger partial charge in [0.1, 0.15) is 5.56 Å². The average Bonchev–Trinajstić information content (AvgIpc) is 2.73. The Hall–Kier alpha value is -4.01. The molecule has 0 atom stereocenters. The molecule has 156 valence electrons. The number of hydrogen-bond acceptors (Lipinski definition) is 7. The molecule has 0 saturated heterocycles. The molecule has 30 heavy (non-hydrogen) atoms. The third-order valence-corrected chi connectivity index (χ3v) is 4.49. The normalized spacial score (nSPS) is 11.0. The van der Waals surface area contributed by atoms with Crippen LogP contribution in [0.4, 0.5) is 11.4 Å². The number of aliphatic imine (C=N–C) groups is 1. The third-order valence-electron chi connectivity index (χ3n) is 4.49. The number of nitrogens with two attached hydrogens (primary N) is 1. The zero-order chi connectivity index (χ0) is 21.7. The number of aromatic hydroxyl groups is 1. The monoisotopic (exact) mass is 410 g/mol. The van der Waals surface area contributed by atoms with Gasteiger partial charge in [-0.25, -0.2) is 4.79 Å². The number of benzene rings is 2. The molecule has 0 fully saturated rings. The quantitative estimate of drug-likeness (QED) is 0.402. The van der Waals surface area contributed by atoms with Crippen molar-refractivity contribution < 1.29 is 14.6 Å². The molecule has 0 saturated carbocycles. The van der Waals surface area contributed by atoms with Crippen molar-refractivity contribution in [2.24, 2.45) is 4.99 Å². The van der Waals surface area contributed by atoms with Crippen LogP contribution in [0.2, 0.25) is 0 Å². The third kappa shape index (κ3) is 4.52. The van der Waals surface area contributed by atoms with E-state index in [1.807, 2.05) is 6.07 Å². The van der Waals surface area contributed by atoms with Crippen LogP contribution in [0.3, 0.4) is 0 Å². The number of rotatable bonds is 7. The largest absolute Gasteiger partial charge is 0.494 e. The number of hydrogen-bond donors (Lipinski definition) is 3. The van der Waals surface area contributed by atoms with Gasteiger partial charge >= 0.3 is 5.69 Å². The Morgan fingerprint density at radius 1 is 1.13 bits per heavy atom. The van der Waals surface area contributed by atoms with E-state index in [1.54, 1.807) is 43.5 Å². The van der Waals surface area contributed by atoms with Crippen molar-refractivity contribution in [3.8, 4) is 17.4 Å². The minimum atomic E-state index is -0.729. The first kappa shape index (κ1) is 20.7. The molecule has 0 radical (unpaired) electrons. The van der Waals surface area contributed by atoms with Crippen LogP contribution in [0.1, 0.15) is 11.1 Å². The molecular formula is C21H22N4O5. The summed E-state index contributed by atoms with van der Waals surface area (Å²) in [6.07, 6.45) is 1.61. The molecule has 9 nitrogen and oxygen atoms in total. The van der Waals surface area contributed by atoms with Gasteiger partial charge in [0.2, 0.25) is 5.88 Å². The first-order chi connectivity index (χ1) is 14.4. The first-order valence-electron chi connectivity index (χ1n) is 9.09. The number of ether oxygens (including phenoxy) is 2. The molecule has 0 aliphatic carbocycles. The van der Waals surface area contributed by atoms with Crippen LogP contribution < -0.4 is 26.5 Å². The van der Waals surface area contributed by atoms with E-state index in [2.05, 4.69) is 9.98 Å². The van der Waals surface area contributed by atoms with Crippen molar-refractivity contribution in [1.29, 1.82) is 0 Å². The smallest absolute Gasteiger partial charge is 0.331 e. The maximum Gasteiger partial charge on any atom is 0.331 e. The Balaban J connectivity index is 1.88. The lowest BCUT2D eigenvalue weighted by Crippen LogP contribution is -2.32. The number of nitrogen functional groups attached to an aromatic ring is 1. The molecule has 4 N–H and O–H groups in total. The van der Waals surface area contributed by atoms with E-state index in [0.29, 0.717) is 29.3 Å². The van der Waals surface area contributed by atoms with Crippen molar-refractivity contribution in [2.45, 2.75) is 13.0 Å². The molecule has 0 unspecified atom stereocenters. The topological polar surface area (TPSA) is 132 Å². The van der Waals surface area contributed by atoms with Gasteiger partial charge in [-0.1, -0.05) is 12.1 Å². The maximum atomic E-state index is 12.2. The molecule has 2 aromatic carbocycles. The lowest BCUT2D eigenvalue weighted by Gasteiger charge is -2.12. The van der Waals surface area contributed by atoms with Crippen LogP contribution in [0.5, 0.6) is 17.4 Å². The number of nitrogens with one attached hydrogen (secondary N) is 1. The number of nitrogens with zero attached hydrogens (tertiary/aromatic N) is 2. The fraction of sp³-hybridized carbons (Fsp3) is 0.190. The molecule has 0 aliphatic rings. The van der Waals surface area contributed by atoms with Gasteiger partial charge < -0.3 is 20.3 Å². The van der Waals surface area contributed by atoms with E-state index in [-0.39, 0.29) is 12.1 Å². The Morgan fingerprint density at radius 3 is 2.60 bits per heavy atom. The summed E-state index contributed by atoms with van der Waals surface area (Å²) in [5.74, 6) is 0.685. The number of aromatic nitrogens is 2. The van der Waals surface area contributed by atoms with Gasteiger partial charge in [0.15, 0.2) is 11.5 Å². The summed E-state index contributed by atoms with van der Waals surface area (Å²) in [5, 5.41) is 10.5. The molecule has 9 heteroatoms. The molecule has 3 rings (SSSR count). The molecule has 0 amide bonds. The fourth-order valence-electron chi connectivity index (χ4n) is 2.92. The lowest BCUT2D eigenvalue weighted by atomic mass is 10.1. The highest BCUT2D eigenvalue weighted by Crippen LogP contribution is 2.28. The van der Waals surface area contributed by atoms with Crippen molar-refractivity contribution in [2.75, 3.05) is 20.0 Å². The van der Waals surface area contributed by atoms with Gasteiger partial charge in [0, 0.05) is 18.4 Å². The minimum absolute atomic E-state index is 0.121. The summed E-state index contributed by atoms with van der Waals surface area (Å²) < 4.78 is 11.6. The average molecular weight is 410 g/mol. The van der Waals surface area contributed by atoms with Gasteiger partial charge in [0.05, 0.1) is 19.9 Å². The Bertz CT molecular complexity index is 1200. The van der Waals surface area contributed by atoms with E-state index in [4.69, 9.17) is 15.2 Å². The fourth-order valence-corrected chi connectivity index (χ4v) is 2.92. The van der Waals surface area contributed by atoms with Crippen molar-refractivity contribution >= 4 is 17.6 Å². The second-order valence-electron chi connectivity index (χ2n) is 6.44. The molecule has 3 aromatic rings. The van der Waals surface area contributed by atoms with Gasteiger partial charge in [-0.2, -0.15) is 0 Å². The first-order valence-corrected chi connectivity index (χ1v) is 9.09. The minimum Gasteiger partial charge on any atom is -0.494 e. The number of anilines is 1. The van der Waals surface area contributed by atoms with Crippen LogP contribution in [0.25, 0.3) is 0 Å². The Labute approximate surface area is 172 Å². The van der Waals surface area contributed by atoms with Gasteiger partial charge in [-0.3, -0.25) is 19.3 Å². The summed E-state index contributed by atoms with van der Waals surface area (Å²) in [4.78, 5) is 30.7. The number of aryl methyl sites for hydroxylation is 1. The van der Waals surface area contributed by atoms with Gasteiger partial charge in [-0.15, -0.1) is 0 Å².